The second-order valence-corrected chi connectivity index (χ2v) is 6.71. The first-order valence-corrected chi connectivity index (χ1v) is 9.16. The fourth-order valence-corrected chi connectivity index (χ4v) is 3.43. The molecule has 0 atom stereocenters. The first-order valence-electron chi connectivity index (χ1n) is 8.17. The summed E-state index contributed by atoms with van der Waals surface area (Å²) in [6.07, 6.45) is 0.221. The van der Waals surface area contributed by atoms with E-state index >= 15 is 0 Å². The number of hydrogen-bond acceptors (Lipinski definition) is 7. The summed E-state index contributed by atoms with van der Waals surface area (Å²) in [5, 5.41) is 18.8. The SMILES string of the molecule is O=C(CCSc1c([O-])on[n+]1-c1ccccc1)Nc1ccc2c(c1)OCO2. The molecule has 1 amide bonds. The Morgan fingerprint density at radius 1 is 1.19 bits per heavy atom. The standard InChI is InChI=1S/C18H15N3O5S/c22-16(19-12-6-7-14-15(10-12)25-11-24-14)8-9-27-17-18(23)26-20-21(17)13-4-2-1-3-5-13/h1-7,10H,8-9,11H2,(H-,19,20,22,23). The van der Waals surface area contributed by atoms with E-state index in [1.807, 2.05) is 30.3 Å². The van der Waals surface area contributed by atoms with Crippen molar-refractivity contribution in [3.63, 3.8) is 0 Å². The lowest BCUT2D eigenvalue weighted by atomic mass is 10.2. The van der Waals surface area contributed by atoms with Crippen molar-refractivity contribution < 1.29 is 28.6 Å². The number of ether oxygens (including phenoxy) is 2. The summed E-state index contributed by atoms with van der Waals surface area (Å²) in [5.74, 6) is 0.965. The molecule has 1 aliphatic rings. The van der Waals surface area contributed by atoms with Crippen LogP contribution in [0.3, 0.4) is 0 Å². The topological polar surface area (TPSA) is 101 Å². The Labute approximate surface area is 158 Å². The molecule has 2 heterocycles. The molecule has 0 spiro atoms. The monoisotopic (exact) mass is 385 g/mol. The van der Waals surface area contributed by atoms with Crippen LogP contribution < -0.4 is 24.6 Å². The van der Waals surface area contributed by atoms with Gasteiger partial charge in [-0.2, -0.15) is 0 Å². The van der Waals surface area contributed by atoms with Crippen molar-refractivity contribution in [1.82, 2.24) is 5.27 Å². The maximum atomic E-state index is 12.2. The predicted molar refractivity (Wildman–Crippen MR) is 94.0 cm³/mol. The molecule has 1 aliphatic heterocycles. The third-order valence-electron chi connectivity index (χ3n) is 3.80. The highest BCUT2D eigenvalue weighted by atomic mass is 32.2. The number of thioether (sulfide) groups is 1. The lowest BCUT2D eigenvalue weighted by Gasteiger charge is -2.05. The Balaban J connectivity index is 1.35. The van der Waals surface area contributed by atoms with Gasteiger partial charge in [0.15, 0.2) is 17.4 Å². The van der Waals surface area contributed by atoms with Crippen molar-refractivity contribution in [2.24, 2.45) is 0 Å². The van der Waals surface area contributed by atoms with Gasteiger partial charge in [-0.25, -0.2) is 0 Å². The van der Waals surface area contributed by atoms with Gasteiger partial charge < -0.3 is 24.4 Å². The zero-order valence-corrected chi connectivity index (χ0v) is 14.9. The van der Waals surface area contributed by atoms with Gasteiger partial charge in [0, 0.05) is 36.1 Å². The van der Waals surface area contributed by atoms with Gasteiger partial charge in [-0.1, -0.05) is 30.0 Å². The van der Waals surface area contributed by atoms with E-state index in [9.17, 15) is 9.90 Å². The molecular weight excluding hydrogens is 370 g/mol. The van der Waals surface area contributed by atoms with Gasteiger partial charge in [0.25, 0.3) is 5.03 Å². The Hall–Kier alpha value is -3.20. The number of carbonyl (C=O) groups is 1. The van der Waals surface area contributed by atoms with E-state index in [4.69, 9.17) is 14.0 Å². The maximum absolute atomic E-state index is 12.2. The minimum atomic E-state index is -0.528. The van der Waals surface area contributed by atoms with Crippen molar-refractivity contribution in [2.45, 2.75) is 11.4 Å². The molecule has 4 rings (SSSR count). The Bertz CT molecular complexity index is 961. The van der Waals surface area contributed by atoms with E-state index in [0.717, 1.165) is 5.69 Å². The first-order chi connectivity index (χ1) is 13.2. The van der Waals surface area contributed by atoms with Crippen molar-refractivity contribution in [2.75, 3.05) is 17.9 Å². The molecule has 1 N–H and O–H groups in total. The number of carbonyl (C=O) groups excluding carboxylic acids is 1. The predicted octanol–water partition coefficient (Wildman–Crippen LogP) is 1.87. The molecule has 0 radical (unpaired) electrons. The smallest absolute Gasteiger partial charge is 0.297 e. The molecular formula is C18H15N3O5S. The lowest BCUT2D eigenvalue weighted by Crippen LogP contribution is -2.34. The zero-order chi connectivity index (χ0) is 18.6. The molecule has 2 aromatic carbocycles. The number of rotatable bonds is 6. The fraction of sp³-hybridized carbons (Fsp3) is 0.167. The van der Waals surface area contributed by atoms with Crippen LogP contribution in [0.25, 0.3) is 5.69 Å². The highest BCUT2D eigenvalue weighted by Crippen LogP contribution is 2.34. The number of benzene rings is 2. The number of nitrogens with one attached hydrogen (secondary N) is 1. The van der Waals surface area contributed by atoms with Crippen LogP contribution in [0.4, 0.5) is 5.69 Å². The second-order valence-electron chi connectivity index (χ2n) is 5.63. The van der Waals surface area contributed by atoms with Gasteiger partial charge in [-0.15, -0.1) is 0 Å². The fourth-order valence-electron chi connectivity index (χ4n) is 2.53. The summed E-state index contributed by atoms with van der Waals surface area (Å²) in [4.78, 5) is 12.2. The molecule has 3 aromatic rings. The Kier molecular flexibility index (Phi) is 4.84. The zero-order valence-electron chi connectivity index (χ0n) is 14.1. The van der Waals surface area contributed by atoms with Gasteiger partial charge in [0.2, 0.25) is 18.4 Å². The largest absolute Gasteiger partial charge is 0.538 e. The van der Waals surface area contributed by atoms with E-state index in [-0.39, 0.29) is 19.1 Å². The number of nitrogens with zero attached hydrogens (tertiary/aromatic N) is 2. The van der Waals surface area contributed by atoms with Crippen molar-refractivity contribution in [3.8, 4) is 23.1 Å². The minimum absolute atomic E-state index is 0.170. The molecule has 0 saturated carbocycles. The van der Waals surface area contributed by atoms with Crippen LogP contribution in [-0.2, 0) is 4.79 Å². The second kappa shape index (κ2) is 7.58. The van der Waals surface area contributed by atoms with Crippen molar-refractivity contribution in [1.29, 1.82) is 0 Å². The van der Waals surface area contributed by atoms with Gasteiger partial charge in [0.1, 0.15) is 0 Å². The third kappa shape index (κ3) is 3.82. The maximum Gasteiger partial charge on any atom is 0.297 e. The summed E-state index contributed by atoms with van der Waals surface area (Å²) < 4.78 is 16.7. The van der Waals surface area contributed by atoms with Gasteiger partial charge in [-0.3, -0.25) is 4.79 Å². The normalized spacial score (nSPS) is 12.1. The molecule has 8 nitrogen and oxygen atoms in total. The number of fused-ring (bicyclic) bond motifs is 1. The molecule has 0 aliphatic carbocycles. The van der Waals surface area contributed by atoms with Crippen molar-refractivity contribution >= 4 is 23.4 Å². The van der Waals surface area contributed by atoms with E-state index in [2.05, 4.69) is 10.6 Å². The first kappa shape index (κ1) is 17.2. The summed E-state index contributed by atoms with van der Waals surface area (Å²) in [6.45, 7) is 0.182. The number of amides is 1. The van der Waals surface area contributed by atoms with Crippen LogP contribution in [-0.4, -0.2) is 23.7 Å². The van der Waals surface area contributed by atoms with Gasteiger partial charge >= 0.3 is 0 Å². The van der Waals surface area contributed by atoms with E-state index in [0.29, 0.717) is 28.0 Å². The van der Waals surface area contributed by atoms with Crippen LogP contribution >= 0.6 is 11.8 Å². The molecule has 9 heteroatoms. The van der Waals surface area contributed by atoms with E-state index in [1.54, 1.807) is 18.2 Å². The molecule has 1 aromatic heterocycles. The van der Waals surface area contributed by atoms with E-state index < -0.39 is 5.95 Å². The molecule has 0 bridgehead atoms. The van der Waals surface area contributed by atoms with Crippen molar-refractivity contribution in [3.05, 3.63) is 48.5 Å². The molecule has 0 fully saturated rings. The summed E-state index contributed by atoms with van der Waals surface area (Å²) in [7, 11) is 0. The number of para-hydroxylation sites is 1. The Morgan fingerprint density at radius 2 is 2.00 bits per heavy atom. The lowest BCUT2D eigenvalue weighted by molar-refractivity contribution is -0.705. The van der Waals surface area contributed by atoms with Crippen LogP contribution in [0.1, 0.15) is 6.42 Å². The third-order valence-corrected chi connectivity index (χ3v) is 4.82. The minimum Gasteiger partial charge on any atom is -0.538 e. The molecule has 138 valence electrons. The summed E-state index contributed by atoms with van der Waals surface area (Å²) in [5.41, 5.74) is 1.35. The molecule has 0 unspecified atom stereocenters. The average molecular weight is 385 g/mol. The number of hydrogen-bond donors (Lipinski definition) is 1. The number of aromatic nitrogens is 2. The highest BCUT2D eigenvalue weighted by molar-refractivity contribution is 7.99. The van der Waals surface area contributed by atoms with Gasteiger partial charge in [-0.05, 0) is 16.8 Å². The van der Waals surface area contributed by atoms with Gasteiger partial charge in [0.05, 0.1) is 5.27 Å². The van der Waals surface area contributed by atoms with Crippen LogP contribution in [0, 0.1) is 0 Å². The number of anilines is 1. The van der Waals surface area contributed by atoms with Crippen LogP contribution in [0.15, 0.2) is 58.1 Å². The molecule has 0 saturated heterocycles. The van der Waals surface area contributed by atoms with Crippen LogP contribution in [0.2, 0.25) is 0 Å². The van der Waals surface area contributed by atoms with E-state index in [1.165, 1.54) is 16.4 Å². The molecule has 27 heavy (non-hydrogen) atoms. The highest BCUT2D eigenvalue weighted by Gasteiger charge is 2.21. The summed E-state index contributed by atoms with van der Waals surface area (Å²) >= 11 is 1.22. The quantitative estimate of drug-likeness (QED) is 0.511. The average Bonchev–Trinajstić information content (AvgIpc) is 3.29. The Morgan fingerprint density at radius 3 is 2.85 bits per heavy atom. The summed E-state index contributed by atoms with van der Waals surface area (Å²) in [6, 6.07) is 14.4. The van der Waals surface area contributed by atoms with Crippen LogP contribution in [0.5, 0.6) is 17.4 Å².